The number of piperidine rings is 1. The molecule has 0 bridgehead atoms. The first kappa shape index (κ1) is 12.5. The lowest BCUT2D eigenvalue weighted by Gasteiger charge is -2.42. The van der Waals surface area contributed by atoms with Crippen molar-refractivity contribution in [3.8, 4) is 0 Å². The summed E-state index contributed by atoms with van der Waals surface area (Å²) in [6.07, 6.45) is 1.33. The van der Waals surface area contributed by atoms with E-state index in [1.54, 1.807) is 0 Å². The summed E-state index contributed by atoms with van der Waals surface area (Å²) in [4.78, 5) is 2.49. The molecule has 0 amide bonds. The summed E-state index contributed by atoms with van der Waals surface area (Å²) in [7, 11) is 0. The van der Waals surface area contributed by atoms with E-state index in [1.807, 2.05) is 6.92 Å². The number of rotatable bonds is 3. The maximum Gasteiger partial charge on any atom is 0.0947 e. The fraction of sp³-hybridized carbons (Fsp3) is 0.917. The number of nitrogens with one attached hydrogen (secondary N) is 1. The van der Waals surface area contributed by atoms with Crippen molar-refractivity contribution in [1.29, 1.82) is 5.41 Å². The molecule has 88 valence electrons. The molecule has 4 unspecified atom stereocenters. The molecular formula is C12H25N3. The van der Waals surface area contributed by atoms with E-state index in [-0.39, 0.29) is 5.92 Å². The van der Waals surface area contributed by atoms with Crippen LogP contribution in [0, 0.1) is 23.2 Å². The molecule has 0 radical (unpaired) electrons. The smallest absolute Gasteiger partial charge is 0.0947 e. The van der Waals surface area contributed by atoms with Crippen LogP contribution >= 0.6 is 0 Å². The molecule has 3 heteroatoms. The number of hydrogen-bond acceptors (Lipinski definition) is 2. The highest BCUT2D eigenvalue weighted by Gasteiger charge is 2.29. The molecule has 3 nitrogen and oxygen atoms in total. The van der Waals surface area contributed by atoms with Crippen LogP contribution in [0.25, 0.3) is 0 Å². The molecule has 0 aromatic carbocycles. The first-order valence-electron chi connectivity index (χ1n) is 5.99. The molecule has 1 saturated heterocycles. The Kier molecular flexibility index (Phi) is 4.14. The van der Waals surface area contributed by atoms with Crippen molar-refractivity contribution >= 4 is 5.84 Å². The molecule has 0 spiro atoms. The molecule has 1 aliphatic rings. The lowest BCUT2D eigenvalue weighted by Crippen LogP contribution is -2.48. The van der Waals surface area contributed by atoms with Crippen LogP contribution < -0.4 is 5.73 Å². The Morgan fingerprint density at radius 3 is 2.60 bits per heavy atom. The molecule has 1 rings (SSSR count). The minimum Gasteiger partial charge on any atom is -0.387 e. The van der Waals surface area contributed by atoms with Crippen molar-refractivity contribution in [3.63, 3.8) is 0 Å². The third-order valence-corrected chi connectivity index (χ3v) is 3.76. The predicted octanol–water partition coefficient (Wildman–Crippen LogP) is 1.92. The average Bonchev–Trinajstić information content (AvgIpc) is 2.13. The van der Waals surface area contributed by atoms with Gasteiger partial charge in [-0.2, -0.15) is 0 Å². The molecule has 0 aliphatic carbocycles. The SMILES string of the molecule is CC1CC(C)C(C)N(CC(C)C(=N)N)C1. The lowest BCUT2D eigenvalue weighted by atomic mass is 9.85. The zero-order valence-electron chi connectivity index (χ0n) is 10.5. The van der Waals surface area contributed by atoms with Gasteiger partial charge in [0.05, 0.1) is 5.84 Å². The highest BCUT2D eigenvalue weighted by molar-refractivity contribution is 5.79. The lowest BCUT2D eigenvalue weighted by molar-refractivity contribution is 0.0739. The molecule has 0 aromatic heterocycles. The largest absolute Gasteiger partial charge is 0.387 e. The predicted molar refractivity (Wildman–Crippen MR) is 65.1 cm³/mol. The van der Waals surface area contributed by atoms with Crippen molar-refractivity contribution in [2.24, 2.45) is 23.5 Å². The molecule has 0 saturated carbocycles. The van der Waals surface area contributed by atoms with E-state index < -0.39 is 0 Å². The highest BCUT2D eigenvalue weighted by Crippen LogP contribution is 2.27. The van der Waals surface area contributed by atoms with Gasteiger partial charge in [0.1, 0.15) is 0 Å². The van der Waals surface area contributed by atoms with Gasteiger partial charge in [0, 0.05) is 25.0 Å². The van der Waals surface area contributed by atoms with Crippen LogP contribution in [-0.2, 0) is 0 Å². The second-order valence-corrected chi connectivity index (χ2v) is 5.37. The van der Waals surface area contributed by atoms with Gasteiger partial charge >= 0.3 is 0 Å². The van der Waals surface area contributed by atoms with E-state index in [2.05, 4.69) is 25.7 Å². The molecular weight excluding hydrogens is 186 g/mol. The Morgan fingerprint density at radius 2 is 2.07 bits per heavy atom. The van der Waals surface area contributed by atoms with E-state index in [9.17, 15) is 0 Å². The van der Waals surface area contributed by atoms with Gasteiger partial charge in [-0.15, -0.1) is 0 Å². The number of amidine groups is 1. The quantitative estimate of drug-likeness (QED) is 0.553. The highest BCUT2D eigenvalue weighted by atomic mass is 15.2. The third kappa shape index (κ3) is 3.20. The zero-order chi connectivity index (χ0) is 11.6. The molecule has 1 aliphatic heterocycles. The fourth-order valence-corrected chi connectivity index (χ4v) is 2.52. The topological polar surface area (TPSA) is 53.1 Å². The van der Waals surface area contributed by atoms with Gasteiger partial charge in [-0.1, -0.05) is 20.8 Å². The van der Waals surface area contributed by atoms with Gasteiger partial charge in [-0.25, -0.2) is 0 Å². The van der Waals surface area contributed by atoms with Crippen LogP contribution in [0.4, 0.5) is 0 Å². The molecule has 1 heterocycles. The van der Waals surface area contributed by atoms with Crippen molar-refractivity contribution < 1.29 is 0 Å². The van der Waals surface area contributed by atoms with E-state index in [0.29, 0.717) is 11.9 Å². The summed E-state index contributed by atoms with van der Waals surface area (Å²) in [6, 6.07) is 0.628. The molecule has 4 atom stereocenters. The second kappa shape index (κ2) is 4.97. The maximum absolute atomic E-state index is 7.44. The average molecular weight is 211 g/mol. The summed E-state index contributed by atoms with van der Waals surface area (Å²) in [5.74, 6) is 2.03. The third-order valence-electron chi connectivity index (χ3n) is 3.76. The van der Waals surface area contributed by atoms with Gasteiger partial charge in [0.25, 0.3) is 0 Å². The summed E-state index contributed by atoms with van der Waals surface area (Å²) < 4.78 is 0. The van der Waals surface area contributed by atoms with Crippen LogP contribution in [-0.4, -0.2) is 29.9 Å². The minimum absolute atomic E-state index is 0.185. The Labute approximate surface area is 93.5 Å². The molecule has 1 fully saturated rings. The van der Waals surface area contributed by atoms with Crippen LogP contribution in [0.1, 0.15) is 34.1 Å². The monoisotopic (exact) mass is 211 g/mol. The fourth-order valence-electron chi connectivity index (χ4n) is 2.52. The summed E-state index contributed by atoms with van der Waals surface area (Å²) in [6.45, 7) is 11.1. The van der Waals surface area contributed by atoms with Gasteiger partial charge in [0.15, 0.2) is 0 Å². The van der Waals surface area contributed by atoms with Crippen molar-refractivity contribution in [2.45, 2.75) is 40.2 Å². The van der Waals surface area contributed by atoms with Crippen LogP contribution in [0.2, 0.25) is 0 Å². The van der Waals surface area contributed by atoms with E-state index >= 15 is 0 Å². The van der Waals surface area contributed by atoms with Crippen LogP contribution in [0.5, 0.6) is 0 Å². The van der Waals surface area contributed by atoms with Crippen molar-refractivity contribution in [1.82, 2.24) is 4.90 Å². The van der Waals surface area contributed by atoms with Crippen molar-refractivity contribution in [2.75, 3.05) is 13.1 Å². The van der Waals surface area contributed by atoms with Crippen molar-refractivity contribution in [3.05, 3.63) is 0 Å². The van der Waals surface area contributed by atoms with Gasteiger partial charge in [0.2, 0.25) is 0 Å². The van der Waals surface area contributed by atoms with E-state index in [4.69, 9.17) is 11.1 Å². The van der Waals surface area contributed by atoms with Gasteiger partial charge < -0.3 is 5.73 Å². The number of hydrogen-bond donors (Lipinski definition) is 2. The Bertz CT molecular complexity index is 227. The standard InChI is InChI=1S/C12H25N3/c1-8-5-9(2)11(4)15(6-8)7-10(3)12(13)14/h8-11H,5-7H2,1-4H3,(H3,13,14). The summed E-state index contributed by atoms with van der Waals surface area (Å²) >= 11 is 0. The maximum atomic E-state index is 7.44. The molecule has 0 aromatic rings. The van der Waals surface area contributed by atoms with Crippen LogP contribution in [0.15, 0.2) is 0 Å². The number of nitrogens with zero attached hydrogens (tertiary/aromatic N) is 1. The Hall–Kier alpha value is -0.570. The summed E-state index contributed by atoms with van der Waals surface area (Å²) in [5, 5.41) is 7.44. The molecule has 3 N–H and O–H groups in total. The van der Waals surface area contributed by atoms with E-state index in [1.165, 1.54) is 6.42 Å². The Balaban J connectivity index is 2.55. The van der Waals surface area contributed by atoms with Crippen LogP contribution in [0.3, 0.4) is 0 Å². The normalized spacial score (nSPS) is 35.1. The second-order valence-electron chi connectivity index (χ2n) is 5.37. The molecule has 15 heavy (non-hydrogen) atoms. The number of likely N-dealkylation sites (tertiary alicyclic amines) is 1. The van der Waals surface area contributed by atoms with Gasteiger partial charge in [-0.3, -0.25) is 10.3 Å². The van der Waals surface area contributed by atoms with E-state index in [0.717, 1.165) is 24.9 Å². The minimum atomic E-state index is 0.185. The summed E-state index contributed by atoms with van der Waals surface area (Å²) in [5.41, 5.74) is 5.52. The first-order chi connectivity index (χ1) is 6.91. The Morgan fingerprint density at radius 1 is 1.47 bits per heavy atom. The zero-order valence-corrected chi connectivity index (χ0v) is 10.5. The first-order valence-corrected chi connectivity index (χ1v) is 5.99. The number of nitrogens with two attached hydrogens (primary N) is 1. The van der Waals surface area contributed by atoms with Gasteiger partial charge in [-0.05, 0) is 25.2 Å².